The van der Waals surface area contributed by atoms with Crippen LogP contribution in [-0.4, -0.2) is 11.4 Å². The molecule has 4 heterocycles. The number of nitrogens with zero attached hydrogens (tertiary/aromatic N) is 1. The van der Waals surface area contributed by atoms with E-state index >= 15 is 0 Å². The standard InChI is InChI=1S/C25H21NO3/c1-16-19-10-11-20(18-9-12-22-23(14-18)28-15-27-22)21-8-5-13-26(21)25(19)29-24(16)17-6-3-2-4-7-17/h2-9,12-14,20H,10-11,15H2,1H3. The summed E-state index contributed by atoms with van der Waals surface area (Å²) in [6.07, 6.45) is 4.10. The lowest BCUT2D eigenvalue weighted by atomic mass is 9.90. The molecule has 4 nitrogen and oxygen atoms in total. The summed E-state index contributed by atoms with van der Waals surface area (Å²) in [6.45, 7) is 2.48. The van der Waals surface area contributed by atoms with Crippen LogP contribution < -0.4 is 9.47 Å². The van der Waals surface area contributed by atoms with E-state index in [-0.39, 0.29) is 5.92 Å². The van der Waals surface area contributed by atoms with Crippen LogP contribution in [0, 0.1) is 6.92 Å². The summed E-state index contributed by atoms with van der Waals surface area (Å²) in [5.74, 6) is 3.86. The Balaban J connectivity index is 1.46. The minimum atomic E-state index is 0.279. The average molecular weight is 383 g/mol. The second-order valence-electron chi connectivity index (χ2n) is 7.71. The van der Waals surface area contributed by atoms with Crippen LogP contribution in [0.4, 0.5) is 0 Å². The van der Waals surface area contributed by atoms with Crippen molar-refractivity contribution >= 4 is 0 Å². The van der Waals surface area contributed by atoms with Gasteiger partial charge in [0.2, 0.25) is 12.7 Å². The van der Waals surface area contributed by atoms with Gasteiger partial charge in [-0.05, 0) is 49.6 Å². The highest BCUT2D eigenvalue weighted by Crippen LogP contribution is 2.43. The van der Waals surface area contributed by atoms with Crippen LogP contribution >= 0.6 is 0 Å². The van der Waals surface area contributed by atoms with Crippen LogP contribution in [0.5, 0.6) is 11.5 Å². The number of aromatic nitrogens is 1. The number of hydrogen-bond acceptors (Lipinski definition) is 3. The molecule has 0 amide bonds. The molecule has 2 aliphatic rings. The molecule has 0 fully saturated rings. The van der Waals surface area contributed by atoms with Gasteiger partial charge >= 0.3 is 0 Å². The van der Waals surface area contributed by atoms with E-state index in [0.717, 1.165) is 41.5 Å². The molecule has 0 saturated carbocycles. The number of furan rings is 1. The van der Waals surface area contributed by atoms with E-state index in [1.54, 1.807) is 0 Å². The van der Waals surface area contributed by atoms with Gasteiger partial charge in [0.15, 0.2) is 11.5 Å². The zero-order chi connectivity index (χ0) is 19.4. The fraction of sp³-hybridized carbons (Fsp3) is 0.200. The third-order valence-electron chi connectivity index (χ3n) is 6.12. The maximum absolute atomic E-state index is 6.46. The fourth-order valence-electron chi connectivity index (χ4n) is 4.65. The topological polar surface area (TPSA) is 36.5 Å². The molecule has 2 aliphatic heterocycles. The first-order valence-corrected chi connectivity index (χ1v) is 10.0. The molecule has 0 radical (unpaired) electrons. The van der Waals surface area contributed by atoms with E-state index in [0.29, 0.717) is 6.79 Å². The van der Waals surface area contributed by atoms with E-state index in [1.165, 1.54) is 22.4 Å². The van der Waals surface area contributed by atoms with Crippen molar-refractivity contribution in [3.8, 4) is 28.7 Å². The fourth-order valence-corrected chi connectivity index (χ4v) is 4.65. The number of hydrogen-bond donors (Lipinski definition) is 0. The molecule has 0 spiro atoms. The van der Waals surface area contributed by atoms with Crippen molar-refractivity contribution in [2.75, 3.05) is 6.79 Å². The first-order chi connectivity index (χ1) is 14.3. The van der Waals surface area contributed by atoms with Crippen LogP contribution in [0.2, 0.25) is 0 Å². The predicted molar refractivity (Wildman–Crippen MR) is 111 cm³/mol. The average Bonchev–Trinajstić information content (AvgIpc) is 3.46. The number of ether oxygens (including phenoxy) is 2. The third kappa shape index (κ3) is 2.52. The molecule has 2 aromatic carbocycles. The summed E-state index contributed by atoms with van der Waals surface area (Å²) in [4.78, 5) is 0. The summed E-state index contributed by atoms with van der Waals surface area (Å²) < 4.78 is 19.8. The van der Waals surface area contributed by atoms with Gasteiger partial charge in [0.25, 0.3) is 0 Å². The van der Waals surface area contributed by atoms with Crippen LogP contribution in [0.1, 0.15) is 34.7 Å². The van der Waals surface area contributed by atoms with Gasteiger partial charge in [0.05, 0.1) is 0 Å². The lowest BCUT2D eigenvalue weighted by molar-refractivity contribution is 0.174. The number of benzene rings is 2. The van der Waals surface area contributed by atoms with Crippen LogP contribution in [0.25, 0.3) is 17.2 Å². The molecule has 2 aromatic heterocycles. The van der Waals surface area contributed by atoms with Gasteiger partial charge in [-0.1, -0.05) is 36.4 Å². The van der Waals surface area contributed by atoms with Gasteiger partial charge in [-0.15, -0.1) is 0 Å². The molecule has 1 atom stereocenters. The first kappa shape index (κ1) is 16.5. The molecular formula is C25H21NO3. The molecule has 4 heteroatoms. The molecule has 0 saturated heterocycles. The molecule has 144 valence electrons. The van der Waals surface area contributed by atoms with Gasteiger partial charge < -0.3 is 13.9 Å². The Bertz CT molecular complexity index is 1200. The highest BCUT2D eigenvalue weighted by molar-refractivity contribution is 5.66. The summed E-state index contributed by atoms with van der Waals surface area (Å²) in [5.41, 5.74) is 6.15. The monoisotopic (exact) mass is 383 g/mol. The van der Waals surface area contributed by atoms with E-state index in [2.05, 4.69) is 66.2 Å². The highest BCUT2D eigenvalue weighted by Gasteiger charge is 2.29. The Morgan fingerprint density at radius 3 is 2.69 bits per heavy atom. The second-order valence-corrected chi connectivity index (χ2v) is 7.71. The zero-order valence-corrected chi connectivity index (χ0v) is 16.2. The minimum Gasteiger partial charge on any atom is -0.454 e. The van der Waals surface area contributed by atoms with Gasteiger partial charge in [0.1, 0.15) is 5.76 Å². The molecule has 0 aliphatic carbocycles. The molecule has 0 bridgehead atoms. The molecule has 6 rings (SSSR count). The zero-order valence-electron chi connectivity index (χ0n) is 16.2. The van der Waals surface area contributed by atoms with Gasteiger partial charge in [-0.2, -0.15) is 0 Å². The van der Waals surface area contributed by atoms with Gasteiger partial charge in [-0.3, -0.25) is 4.57 Å². The predicted octanol–water partition coefficient (Wildman–Crippen LogP) is 5.85. The smallest absolute Gasteiger partial charge is 0.231 e. The van der Waals surface area contributed by atoms with Crippen LogP contribution in [0.15, 0.2) is 71.3 Å². The second kappa shape index (κ2) is 6.31. The largest absolute Gasteiger partial charge is 0.454 e. The lowest BCUT2D eigenvalue weighted by Gasteiger charge is -2.17. The molecule has 29 heavy (non-hydrogen) atoms. The van der Waals surface area contributed by atoms with Crippen molar-refractivity contribution in [1.29, 1.82) is 0 Å². The van der Waals surface area contributed by atoms with Crippen molar-refractivity contribution < 1.29 is 13.9 Å². The quantitative estimate of drug-likeness (QED) is 0.435. The highest BCUT2D eigenvalue weighted by atomic mass is 16.7. The molecule has 4 aromatic rings. The lowest BCUT2D eigenvalue weighted by Crippen LogP contribution is -2.05. The van der Waals surface area contributed by atoms with Crippen molar-refractivity contribution in [1.82, 2.24) is 4.57 Å². The van der Waals surface area contributed by atoms with Crippen molar-refractivity contribution in [2.24, 2.45) is 0 Å². The van der Waals surface area contributed by atoms with E-state index in [9.17, 15) is 0 Å². The van der Waals surface area contributed by atoms with E-state index in [1.807, 2.05) is 12.1 Å². The Kier molecular flexibility index (Phi) is 3.60. The summed E-state index contributed by atoms with van der Waals surface area (Å²) in [5, 5.41) is 0. The normalized spacial score (nSPS) is 16.9. The van der Waals surface area contributed by atoms with E-state index in [4.69, 9.17) is 13.9 Å². The summed E-state index contributed by atoms with van der Waals surface area (Å²) in [6, 6.07) is 21.0. The molecular weight excluding hydrogens is 362 g/mol. The Morgan fingerprint density at radius 1 is 0.931 bits per heavy atom. The van der Waals surface area contributed by atoms with E-state index < -0.39 is 0 Å². The molecule has 1 unspecified atom stereocenters. The van der Waals surface area contributed by atoms with Crippen molar-refractivity contribution in [2.45, 2.75) is 25.7 Å². The van der Waals surface area contributed by atoms with Gasteiger partial charge in [-0.25, -0.2) is 0 Å². The number of rotatable bonds is 2. The Morgan fingerprint density at radius 2 is 1.79 bits per heavy atom. The number of fused-ring (bicyclic) bond motifs is 4. The van der Waals surface area contributed by atoms with Crippen molar-refractivity contribution in [3.05, 3.63) is 89.2 Å². The Hall–Kier alpha value is -3.40. The molecule has 0 N–H and O–H groups in total. The summed E-state index contributed by atoms with van der Waals surface area (Å²) in [7, 11) is 0. The first-order valence-electron chi connectivity index (χ1n) is 10.0. The summed E-state index contributed by atoms with van der Waals surface area (Å²) >= 11 is 0. The third-order valence-corrected chi connectivity index (χ3v) is 6.12. The maximum Gasteiger partial charge on any atom is 0.231 e. The Labute approximate surface area is 169 Å². The van der Waals surface area contributed by atoms with Gasteiger partial charge in [0, 0.05) is 34.5 Å². The van der Waals surface area contributed by atoms with Crippen LogP contribution in [-0.2, 0) is 6.42 Å². The maximum atomic E-state index is 6.46. The minimum absolute atomic E-state index is 0.279. The SMILES string of the molecule is Cc1c(-c2ccccc2)oc2c1CCC(c1ccc3c(c1)OCO3)c1cccn1-2. The van der Waals surface area contributed by atoms with Crippen molar-refractivity contribution in [3.63, 3.8) is 0 Å². The van der Waals surface area contributed by atoms with Crippen LogP contribution in [0.3, 0.4) is 0 Å².